The molecule has 0 atom stereocenters. The lowest BCUT2D eigenvalue weighted by molar-refractivity contribution is -0.112. The van der Waals surface area contributed by atoms with Crippen LogP contribution in [0.25, 0.3) is 6.08 Å². The molecule has 0 aliphatic heterocycles. The Hall–Kier alpha value is -3.04. The maximum Gasteiger partial charge on any atom is 0.266 e. The van der Waals surface area contributed by atoms with Crippen molar-refractivity contribution < 1.29 is 9.53 Å². The van der Waals surface area contributed by atoms with Crippen molar-refractivity contribution in [3.8, 4) is 11.8 Å². The standard InChI is InChI=1S/C27H21BrCl2N2O2/c1-3-4-19-11-18(12-21(15-31)27(33)32-23-9-5-17(2)6-10-23)13-24(28)26(19)34-16-20-7-8-22(29)14-25(20)30/h3,5-14H,1,4,16H2,2H3,(H,32,33)/b21-12-. The molecule has 0 aliphatic carbocycles. The number of nitrogens with one attached hydrogen (secondary N) is 1. The van der Waals surface area contributed by atoms with Crippen LogP contribution in [0.1, 0.15) is 22.3 Å². The fourth-order valence-electron chi connectivity index (χ4n) is 3.16. The predicted molar refractivity (Wildman–Crippen MR) is 142 cm³/mol. The zero-order valence-corrected chi connectivity index (χ0v) is 21.5. The van der Waals surface area contributed by atoms with Crippen molar-refractivity contribution in [3.63, 3.8) is 0 Å². The Balaban J connectivity index is 1.85. The van der Waals surface area contributed by atoms with Crippen LogP contribution in [0, 0.1) is 18.3 Å². The van der Waals surface area contributed by atoms with Crippen LogP contribution in [0.15, 0.2) is 77.3 Å². The van der Waals surface area contributed by atoms with Gasteiger partial charge in [-0.25, -0.2) is 0 Å². The molecule has 3 aromatic rings. The molecule has 0 saturated carbocycles. The molecule has 0 bridgehead atoms. The third-order valence-corrected chi connectivity index (χ3v) is 6.06. The van der Waals surface area contributed by atoms with E-state index < -0.39 is 5.91 Å². The average molecular weight is 556 g/mol. The number of benzene rings is 3. The molecule has 0 aliphatic rings. The van der Waals surface area contributed by atoms with Crippen LogP contribution in [-0.4, -0.2) is 5.91 Å². The third kappa shape index (κ3) is 6.74. The third-order valence-electron chi connectivity index (χ3n) is 4.88. The zero-order valence-electron chi connectivity index (χ0n) is 18.4. The highest BCUT2D eigenvalue weighted by Crippen LogP contribution is 2.34. The molecule has 172 valence electrons. The second kappa shape index (κ2) is 11.9. The Morgan fingerprint density at radius 3 is 2.53 bits per heavy atom. The number of aryl methyl sites for hydroxylation is 1. The summed E-state index contributed by atoms with van der Waals surface area (Å²) in [6.45, 7) is 6.03. The van der Waals surface area contributed by atoms with Crippen molar-refractivity contribution in [1.82, 2.24) is 0 Å². The Bertz CT molecular complexity index is 1300. The molecule has 1 N–H and O–H groups in total. The van der Waals surface area contributed by atoms with Gasteiger partial charge >= 0.3 is 0 Å². The lowest BCUT2D eigenvalue weighted by Gasteiger charge is -2.15. The minimum atomic E-state index is -0.481. The Kier molecular flexibility index (Phi) is 8.95. The molecule has 7 heteroatoms. The molecule has 3 rings (SSSR count). The van der Waals surface area contributed by atoms with E-state index >= 15 is 0 Å². The van der Waals surface area contributed by atoms with Gasteiger partial charge in [-0.1, -0.05) is 53.0 Å². The number of nitrogens with zero attached hydrogens (tertiary/aromatic N) is 1. The summed E-state index contributed by atoms with van der Waals surface area (Å²) in [6.07, 6.45) is 3.83. The van der Waals surface area contributed by atoms with Gasteiger partial charge in [0.15, 0.2) is 0 Å². The number of halogens is 3. The monoisotopic (exact) mass is 554 g/mol. The van der Waals surface area contributed by atoms with Gasteiger partial charge in [0, 0.05) is 21.3 Å². The molecule has 1 amide bonds. The normalized spacial score (nSPS) is 11.0. The number of nitriles is 1. The number of hydrogen-bond donors (Lipinski definition) is 1. The van der Waals surface area contributed by atoms with Gasteiger partial charge < -0.3 is 10.1 Å². The number of hydrogen-bond acceptors (Lipinski definition) is 3. The van der Waals surface area contributed by atoms with Crippen molar-refractivity contribution in [1.29, 1.82) is 5.26 Å². The molecule has 0 radical (unpaired) electrons. The van der Waals surface area contributed by atoms with Crippen LogP contribution in [0.5, 0.6) is 5.75 Å². The Morgan fingerprint density at radius 2 is 1.88 bits per heavy atom. The largest absolute Gasteiger partial charge is 0.487 e. The summed E-state index contributed by atoms with van der Waals surface area (Å²) in [5.74, 6) is 0.149. The number of carbonyl (C=O) groups is 1. The summed E-state index contributed by atoms with van der Waals surface area (Å²) in [4.78, 5) is 12.6. The van der Waals surface area contributed by atoms with E-state index in [9.17, 15) is 10.1 Å². The molecule has 4 nitrogen and oxygen atoms in total. The van der Waals surface area contributed by atoms with Crippen molar-refractivity contribution >= 4 is 56.8 Å². The molecule has 0 spiro atoms. The van der Waals surface area contributed by atoms with Crippen LogP contribution >= 0.6 is 39.1 Å². The number of allylic oxidation sites excluding steroid dienone is 1. The highest BCUT2D eigenvalue weighted by atomic mass is 79.9. The van der Waals surface area contributed by atoms with E-state index in [2.05, 4.69) is 27.8 Å². The maximum atomic E-state index is 12.6. The smallest absolute Gasteiger partial charge is 0.266 e. The van der Waals surface area contributed by atoms with Crippen LogP contribution in [-0.2, 0) is 17.8 Å². The fourth-order valence-corrected chi connectivity index (χ4v) is 4.26. The number of ether oxygens (including phenoxy) is 1. The summed E-state index contributed by atoms with van der Waals surface area (Å²) in [5, 5.41) is 13.4. The van der Waals surface area contributed by atoms with Gasteiger partial charge in [0.05, 0.1) is 4.47 Å². The molecular weight excluding hydrogens is 535 g/mol. The van der Waals surface area contributed by atoms with Crippen molar-refractivity contribution in [3.05, 3.63) is 110 Å². The second-order valence-electron chi connectivity index (χ2n) is 7.50. The molecule has 0 heterocycles. The highest BCUT2D eigenvalue weighted by Gasteiger charge is 2.14. The Morgan fingerprint density at radius 1 is 1.15 bits per heavy atom. The van der Waals surface area contributed by atoms with Gasteiger partial charge in [0.2, 0.25) is 0 Å². The first-order valence-electron chi connectivity index (χ1n) is 10.3. The van der Waals surface area contributed by atoms with Gasteiger partial charge in [-0.2, -0.15) is 5.26 Å². The van der Waals surface area contributed by atoms with Crippen LogP contribution in [0.3, 0.4) is 0 Å². The minimum Gasteiger partial charge on any atom is -0.487 e. The molecule has 0 unspecified atom stereocenters. The summed E-state index contributed by atoms with van der Waals surface area (Å²) in [6, 6.07) is 18.2. The fraction of sp³-hybridized carbons (Fsp3) is 0.111. The Labute approximate surface area is 217 Å². The maximum absolute atomic E-state index is 12.6. The summed E-state index contributed by atoms with van der Waals surface area (Å²) in [7, 11) is 0. The van der Waals surface area contributed by atoms with E-state index in [0.717, 1.165) is 16.7 Å². The van der Waals surface area contributed by atoms with E-state index in [1.54, 1.807) is 42.5 Å². The number of amides is 1. The first-order valence-corrected chi connectivity index (χ1v) is 11.9. The summed E-state index contributed by atoms with van der Waals surface area (Å²) in [5.41, 5.74) is 4.00. The average Bonchev–Trinajstić information content (AvgIpc) is 2.79. The predicted octanol–water partition coefficient (Wildman–Crippen LogP) is 7.92. The van der Waals surface area contributed by atoms with Gasteiger partial charge in [-0.15, -0.1) is 6.58 Å². The quantitative estimate of drug-likeness (QED) is 0.174. The summed E-state index contributed by atoms with van der Waals surface area (Å²) >= 11 is 15.8. The van der Waals surface area contributed by atoms with Gasteiger partial charge in [-0.3, -0.25) is 4.79 Å². The van der Waals surface area contributed by atoms with Crippen molar-refractivity contribution in [2.24, 2.45) is 0 Å². The molecule has 3 aromatic carbocycles. The van der Waals surface area contributed by atoms with Crippen molar-refractivity contribution in [2.75, 3.05) is 5.32 Å². The van der Waals surface area contributed by atoms with Gasteiger partial charge in [-0.05, 0) is 82.9 Å². The van der Waals surface area contributed by atoms with Crippen LogP contribution in [0.2, 0.25) is 10.0 Å². The van der Waals surface area contributed by atoms with Gasteiger partial charge in [0.25, 0.3) is 5.91 Å². The number of rotatable bonds is 8. The van der Waals surface area contributed by atoms with E-state index in [4.69, 9.17) is 27.9 Å². The molecular formula is C27H21BrCl2N2O2. The molecule has 0 aromatic heterocycles. The first-order chi connectivity index (χ1) is 16.3. The van der Waals surface area contributed by atoms with Crippen LogP contribution in [0.4, 0.5) is 5.69 Å². The SMILES string of the molecule is C=CCc1cc(/C=C(/C#N)C(=O)Nc2ccc(C)cc2)cc(Br)c1OCc1ccc(Cl)cc1Cl. The van der Waals surface area contributed by atoms with E-state index in [-0.39, 0.29) is 12.2 Å². The lowest BCUT2D eigenvalue weighted by Crippen LogP contribution is -2.13. The molecule has 34 heavy (non-hydrogen) atoms. The topological polar surface area (TPSA) is 62.1 Å². The van der Waals surface area contributed by atoms with E-state index in [1.807, 2.05) is 37.3 Å². The number of carbonyl (C=O) groups excluding carboxylic acids is 1. The van der Waals surface area contributed by atoms with E-state index in [1.165, 1.54) is 0 Å². The van der Waals surface area contributed by atoms with Crippen LogP contribution < -0.4 is 10.1 Å². The number of anilines is 1. The van der Waals surface area contributed by atoms with E-state index in [0.29, 0.717) is 37.9 Å². The lowest BCUT2D eigenvalue weighted by atomic mass is 10.0. The van der Waals surface area contributed by atoms with Crippen molar-refractivity contribution in [2.45, 2.75) is 20.0 Å². The minimum absolute atomic E-state index is 0.0151. The zero-order chi connectivity index (χ0) is 24.7. The first kappa shape index (κ1) is 25.6. The second-order valence-corrected chi connectivity index (χ2v) is 9.20. The highest BCUT2D eigenvalue weighted by molar-refractivity contribution is 9.10. The summed E-state index contributed by atoms with van der Waals surface area (Å²) < 4.78 is 6.74. The molecule has 0 fully saturated rings. The molecule has 0 saturated heterocycles. The van der Waals surface area contributed by atoms with Gasteiger partial charge in [0.1, 0.15) is 24.0 Å².